The number of carbonyl (C=O) groups is 11. The van der Waals surface area contributed by atoms with E-state index in [0.717, 1.165) is 54.1 Å². The maximum absolute atomic E-state index is 16.6. The van der Waals surface area contributed by atoms with Crippen molar-refractivity contribution in [3.8, 4) is 0 Å². The molecule has 9 amide bonds. The molecule has 4 fully saturated rings. The lowest BCUT2D eigenvalue weighted by Crippen LogP contribution is -2.62. The zero-order chi connectivity index (χ0) is 72.7. The number of imide groups is 1. The number of hydrogen-bond acceptors (Lipinski definition) is 17. The van der Waals surface area contributed by atoms with Crippen LogP contribution in [0.3, 0.4) is 0 Å². The number of carboxylic acid groups (broad SMARTS) is 1. The third-order valence-corrected chi connectivity index (χ3v) is 22.4. The number of alkyl halides is 4. The Kier molecular flexibility index (Phi) is 24.3. The van der Waals surface area contributed by atoms with Gasteiger partial charge in [-0.25, -0.2) is 19.0 Å². The first kappa shape index (κ1) is 75.8. The Balaban J connectivity index is 0.888. The number of ether oxygens (including phenoxy) is 1. The molecule has 0 spiro atoms. The maximum atomic E-state index is 16.6. The van der Waals surface area contributed by atoms with Crippen LogP contribution in [0.4, 0.5) is 23.2 Å². The summed E-state index contributed by atoms with van der Waals surface area (Å²) in [6.45, 7) is 11.0. The van der Waals surface area contributed by atoms with Crippen molar-refractivity contribution in [2.24, 2.45) is 5.73 Å². The molecule has 2 unspecified atom stereocenters. The molecule has 4 aromatic rings. The highest BCUT2D eigenvalue weighted by molar-refractivity contribution is 7.60. The molecule has 10 N–H and O–H groups in total. The molecule has 4 saturated heterocycles. The third-order valence-electron chi connectivity index (χ3n) is 18.7. The van der Waals surface area contributed by atoms with Crippen LogP contribution in [-0.2, 0) is 76.5 Å². The number of aliphatic carboxylic acids is 1. The summed E-state index contributed by atoms with van der Waals surface area (Å²) < 4.78 is 80.9. The minimum absolute atomic E-state index is 0.00313. The number of halogens is 4. The zero-order valence-electron chi connectivity index (χ0n) is 56.4. The van der Waals surface area contributed by atoms with Gasteiger partial charge >= 0.3 is 17.6 Å². The van der Waals surface area contributed by atoms with E-state index >= 15 is 13.6 Å². The molecule has 5 aliphatic rings. The number of anilines is 1. The lowest BCUT2D eigenvalue weighted by atomic mass is 9.86. The SMILES string of the molecule is CCOC(=O)[C@@H](C)NP(=O)(N[C@@H](C)C(=O)O)C(F)(F)c1ccc2sc(C(=O)N[C@H]3CN(CC(F)F)CC[C@H]4CC[C@@H](C(=O)N[C@@H](CCC(N)=O)C(=O)N[C@@H](Cc5ccc(C(C)(C)C)cc5)C(=O)N5CCN(CCNc6cccc7c6CN(C6CCC(=O)NC6=O)C7=O)CC5)N4C3=O)cc2c1. The second-order valence-corrected chi connectivity index (χ2v) is 30.2. The average molecular weight is 1440 g/mol. The van der Waals surface area contributed by atoms with Gasteiger partial charge in [0.25, 0.3) is 25.7 Å². The van der Waals surface area contributed by atoms with Gasteiger partial charge < -0.3 is 51.5 Å². The van der Waals surface area contributed by atoms with Crippen molar-refractivity contribution in [3.05, 3.63) is 99.4 Å². The molecular formula is C67H86F4N13O14PS. The summed E-state index contributed by atoms with van der Waals surface area (Å²) in [7, 11) is -5.42. The summed E-state index contributed by atoms with van der Waals surface area (Å²) >= 11 is 0.802. The Bertz CT molecular complexity index is 3830. The summed E-state index contributed by atoms with van der Waals surface area (Å²) in [6.07, 6.45) is -2.85. The molecule has 100 heavy (non-hydrogen) atoms. The predicted molar refractivity (Wildman–Crippen MR) is 360 cm³/mol. The summed E-state index contributed by atoms with van der Waals surface area (Å²) in [5.41, 5.74) is 3.76. The van der Waals surface area contributed by atoms with Gasteiger partial charge in [-0.1, -0.05) is 57.2 Å². The van der Waals surface area contributed by atoms with Gasteiger partial charge in [-0.3, -0.25) is 72.4 Å². The van der Waals surface area contributed by atoms with E-state index in [4.69, 9.17) is 10.5 Å². The minimum Gasteiger partial charge on any atom is -0.480 e. The number of esters is 1. The first-order valence-corrected chi connectivity index (χ1v) is 35.9. The number of primary amides is 1. The number of nitrogens with zero attached hydrogens (tertiary/aromatic N) is 5. The van der Waals surface area contributed by atoms with Gasteiger partial charge in [-0.05, 0) is 105 Å². The van der Waals surface area contributed by atoms with E-state index in [1.807, 2.05) is 35.4 Å². The molecular weight excluding hydrogens is 1350 g/mol. The second kappa shape index (κ2) is 32.1. The minimum atomic E-state index is -5.42. The standard InChI is InChI=1S/C67H86F4N13O14PS/c1-7-98-65(96)38(3)79-99(97,78-37(2)64(94)95)67(70,71)42-15-20-52-40(32-42)33-53(100-52)60(90)76-49-35-81(36-54(68)69)25-23-43-16-18-51(84(43)63(49)93)59(89)74-47(17-21-55(72)85)57(87)75-48(31-39-11-13-41(14-12-39)66(4,5)6)62(92)82-29-27-80(28-30-82)26-24-73-46-10-8-9-44-45(46)34-83(61(44)91)50-19-22-56(86)77-58(50)88/h8-15,20,32-33,37-38,43,47-51,54,73H,7,16-19,21-31,34-36H2,1-6H3,(H2,72,85)(H,74,89)(H,75,87)(H,76,90)(H,94,95)(H,77,86,88)(H2,78,79,97)/t37-,38+,43+,47-,48-,49-,50?,51-,99?/m0/s1. The van der Waals surface area contributed by atoms with Crippen LogP contribution in [0.5, 0.6) is 0 Å². The number of benzene rings is 3. The number of fused-ring (bicyclic) bond motifs is 3. The van der Waals surface area contributed by atoms with Crippen LogP contribution < -0.4 is 42.5 Å². The lowest BCUT2D eigenvalue weighted by molar-refractivity contribution is -0.145. The Labute approximate surface area is 579 Å². The molecule has 1 aromatic heterocycles. The van der Waals surface area contributed by atoms with Crippen LogP contribution >= 0.6 is 18.8 Å². The van der Waals surface area contributed by atoms with Crippen LogP contribution in [-0.4, -0.2) is 215 Å². The quantitative estimate of drug-likeness (QED) is 0.0168. The Hall–Kier alpha value is -8.42. The molecule has 5 aliphatic heterocycles. The van der Waals surface area contributed by atoms with Gasteiger partial charge in [0.1, 0.15) is 42.3 Å². The Morgan fingerprint density at radius 2 is 1.54 bits per heavy atom. The van der Waals surface area contributed by atoms with Crippen molar-refractivity contribution in [3.63, 3.8) is 0 Å². The molecule has 0 bridgehead atoms. The van der Waals surface area contributed by atoms with Gasteiger partial charge in [-0.2, -0.15) is 8.78 Å². The maximum Gasteiger partial charge on any atom is 0.349 e. The third kappa shape index (κ3) is 17.8. The van der Waals surface area contributed by atoms with Crippen molar-refractivity contribution < 1.29 is 84.7 Å². The van der Waals surface area contributed by atoms with Crippen molar-refractivity contribution in [2.45, 2.75) is 165 Å². The Morgan fingerprint density at radius 1 is 0.840 bits per heavy atom. The number of carbonyl (C=O) groups excluding carboxylic acids is 10. The first-order chi connectivity index (χ1) is 47.2. The highest BCUT2D eigenvalue weighted by atomic mass is 32.1. The second-order valence-electron chi connectivity index (χ2n) is 26.9. The highest BCUT2D eigenvalue weighted by Crippen LogP contribution is 2.60. The number of nitrogens with two attached hydrogens (primary N) is 1. The number of thiophene rings is 1. The van der Waals surface area contributed by atoms with E-state index in [2.05, 4.69) is 57.3 Å². The summed E-state index contributed by atoms with van der Waals surface area (Å²) in [6, 6.07) is 6.65. The average Bonchev–Trinajstić information content (AvgIpc) is 1.34. The summed E-state index contributed by atoms with van der Waals surface area (Å²) in [5, 5.41) is 27.6. The van der Waals surface area contributed by atoms with Gasteiger partial charge in [0.05, 0.1) is 18.0 Å². The number of amides is 9. The van der Waals surface area contributed by atoms with Crippen LogP contribution in [0.1, 0.15) is 129 Å². The number of carboxylic acids is 1. The molecule has 27 nitrogen and oxygen atoms in total. The van der Waals surface area contributed by atoms with E-state index in [-0.39, 0.29) is 110 Å². The number of rotatable bonds is 28. The molecule has 542 valence electrons. The fourth-order valence-electron chi connectivity index (χ4n) is 13.2. The zero-order valence-corrected chi connectivity index (χ0v) is 58.1. The number of hydrogen-bond donors (Lipinski definition) is 9. The smallest absolute Gasteiger partial charge is 0.349 e. The number of nitrogens with one attached hydrogen (secondary N) is 7. The molecule has 9 rings (SSSR count). The highest BCUT2D eigenvalue weighted by Gasteiger charge is 2.55. The van der Waals surface area contributed by atoms with Crippen LogP contribution in [0, 0.1) is 0 Å². The molecule has 6 heterocycles. The predicted octanol–water partition coefficient (Wildman–Crippen LogP) is 3.97. The van der Waals surface area contributed by atoms with E-state index in [9.17, 15) is 66.4 Å². The Morgan fingerprint density at radius 3 is 2.20 bits per heavy atom. The largest absolute Gasteiger partial charge is 0.480 e. The van der Waals surface area contributed by atoms with E-state index < -0.39 is 146 Å². The normalized spacial score (nSPS) is 21.2. The van der Waals surface area contributed by atoms with Gasteiger partial charge in [0, 0.05) is 111 Å². The van der Waals surface area contributed by atoms with Crippen molar-refractivity contribution >= 4 is 99.7 Å². The van der Waals surface area contributed by atoms with Gasteiger partial charge in [0.2, 0.25) is 41.4 Å². The van der Waals surface area contributed by atoms with Crippen molar-refractivity contribution in [1.82, 2.24) is 55.9 Å². The fraction of sp³-hybridized carbons (Fsp3) is 0.537. The fourth-order valence-corrected chi connectivity index (χ4v) is 16.4. The molecule has 0 aliphatic carbocycles. The van der Waals surface area contributed by atoms with Gasteiger partial charge in [0.15, 0.2) is 0 Å². The van der Waals surface area contributed by atoms with Crippen molar-refractivity contribution in [1.29, 1.82) is 0 Å². The van der Waals surface area contributed by atoms with Gasteiger partial charge in [-0.15, -0.1) is 11.3 Å². The van der Waals surface area contributed by atoms with E-state index in [0.29, 0.717) is 37.3 Å². The monoisotopic (exact) mass is 1440 g/mol. The summed E-state index contributed by atoms with van der Waals surface area (Å²) in [5.74, 6) is -8.52. The first-order valence-electron chi connectivity index (χ1n) is 33.4. The van der Waals surface area contributed by atoms with Crippen LogP contribution in [0.15, 0.2) is 66.7 Å². The molecule has 3 aromatic carbocycles. The van der Waals surface area contributed by atoms with E-state index in [1.54, 1.807) is 17.0 Å². The lowest BCUT2D eigenvalue weighted by Gasteiger charge is -2.39. The molecule has 9 atom stereocenters. The van der Waals surface area contributed by atoms with Crippen molar-refractivity contribution in [2.75, 3.05) is 70.8 Å². The number of piperidine rings is 1. The van der Waals surface area contributed by atoms with E-state index in [1.165, 1.54) is 33.8 Å². The van der Waals surface area contributed by atoms with Crippen LogP contribution in [0.25, 0.3) is 10.1 Å². The molecule has 33 heteroatoms. The molecule has 0 radical (unpaired) electrons. The number of piperazine rings is 1. The summed E-state index contributed by atoms with van der Waals surface area (Å²) in [4.78, 5) is 156. The topological polar surface area (TPSA) is 361 Å². The molecule has 0 saturated carbocycles. The van der Waals surface area contributed by atoms with Crippen LogP contribution in [0.2, 0.25) is 0 Å².